The Morgan fingerprint density at radius 2 is 1.88 bits per heavy atom. The van der Waals surface area contributed by atoms with Crippen molar-refractivity contribution < 1.29 is 19.0 Å². The van der Waals surface area contributed by atoms with Gasteiger partial charge in [-0.05, 0) is 40.5 Å². The Labute approximate surface area is 160 Å². The molecule has 2 aromatic carbocycles. The average molecular weight is 419 g/mol. The van der Waals surface area contributed by atoms with E-state index in [1.165, 1.54) is 11.9 Å². The number of hydrogen-bond donors (Lipinski definition) is 0. The van der Waals surface area contributed by atoms with Crippen molar-refractivity contribution in [3.8, 4) is 11.5 Å². The predicted molar refractivity (Wildman–Crippen MR) is 101 cm³/mol. The van der Waals surface area contributed by atoms with Gasteiger partial charge in [0.15, 0.2) is 0 Å². The first-order chi connectivity index (χ1) is 12.5. The van der Waals surface area contributed by atoms with Crippen LogP contribution in [-0.2, 0) is 9.53 Å². The predicted octanol–water partition coefficient (Wildman–Crippen LogP) is 4.01. The van der Waals surface area contributed by atoms with Gasteiger partial charge in [0, 0.05) is 18.6 Å². The molecular formula is C19H19BrN2O4. The third-order valence-corrected chi connectivity index (χ3v) is 4.73. The average Bonchev–Trinajstić information content (AvgIpc) is 3.07. The SMILES string of the molecule is COc1cc(OC)c([C@@H]2OC(c3ccccc3C)=NN2C(C)=O)cc1Br. The summed E-state index contributed by atoms with van der Waals surface area (Å²) in [7, 11) is 3.13. The number of aryl methyl sites for hydroxylation is 1. The minimum atomic E-state index is -0.723. The summed E-state index contributed by atoms with van der Waals surface area (Å²) >= 11 is 3.47. The second-order valence-electron chi connectivity index (χ2n) is 5.78. The quantitative estimate of drug-likeness (QED) is 0.752. The molecule has 1 amide bonds. The highest BCUT2D eigenvalue weighted by Gasteiger charge is 2.36. The van der Waals surface area contributed by atoms with Gasteiger partial charge in [0.1, 0.15) is 11.5 Å². The molecule has 26 heavy (non-hydrogen) atoms. The second kappa shape index (κ2) is 7.37. The summed E-state index contributed by atoms with van der Waals surface area (Å²) in [5.74, 6) is 1.34. The van der Waals surface area contributed by atoms with Crippen LogP contribution >= 0.6 is 15.9 Å². The number of methoxy groups -OCH3 is 2. The monoisotopic (exact) mass is 418 g/mol. The summed E-state index contributed by atoms with van der Waals surface area (Å²) in [6, 6.07) is 11.3. The van der Waals surface area contributed by atoms with Crippen molar-refractivity contribution in [1.29, 1.82) is 0 Å². The molecule has 2 aromatic rings. The lowest BCUT2D eigenvalue weighted by atomic mass is 10.1. The fraction of sp³-hybridized carbons (Fsp3) is 0.263. The lowest BCUT2D eigenvalue weighted by Gasteiger charge is -2.22. The van der Waals surface area contributed by atoms with Crippen LogP contribution in [0.4, 0.5) is 0 Å². The van der Waals surface area contributed by atoms with Gasteiger partial charge in [-0.2, -0.15) is 5.01 Å². The van der Waals surface area contributed by atoms with E-state index in [2.05, 4.69) is 21.0 Å². The van der Waals surface area contributed by atoms with Gasteiger partial charge in [-0.3, -0.25) is 4.79 Å². The normalized spacial score (nSPS) is 16.1. The molecule has 1 aliphatic heterocycles. The van der Waals surface area contributed by atoms with Crippen molar-refractivity contribution in [2.24, 2.45) is 5.10 Å². The van der Waals surface area contributed by atoms with E-state index in [9.17, 15) is 4.79 Å². The lowest BCUT2D eigenvalue weighted by molar-refractivity contribution is -0.135. The van der Waals surface area contributed by atoms with Gasteiger partial charge in [-0.25, -0.2) is 0 Å². The summed E-state index contributed by atoms with van der Waals surface area (Å²) in [5, 5.41) is 5.72. The number of nitrogens with zero attached hydrogens (tertiary/aromatic N) is 2. The molecule has 0 fully saturated rings. The van der Waals surface area contributed by atoms with Crippen LogP contribution in [0.3, 0.4) is 0 Å². The maximum Gasteiger partial charge on any atom is 0.243 e. The first-order valence-electron chi connectivity index (χ1n) is 7.98. The number of amides is 1. The van der Waals surface area contributed by atoms with Crippen LogP contribution in [0.2, 0.25) is 0 Å². The van der Waals surface area contributed by atoms with E-state index in [0.29, 0.717) is 23.0 Å². The van der Waals surface area contributed by atoms with Crippen LogP contribution < -0.4 is 9.47 Å². The smallest absolute Gasteiger partial charge is 0.243 e. The van der Waals surface area contributed by atoms with Crippen molar-refractivity contribution in [1.82, 2.24) is 5.01 Å². The Kier molecular flexibility index (Phi) is 5.18. The number of hydrazone groups is 1. The Hall–Kier alpha value is -2.54. The van der Waals surface area contributed by atoms with E-state index in [-0.39, 0.29) is 5.91 Å². The maximum atomic E-state index is 12.2. The van der Waals surface area contributed by atoms with Gasteiger partial charge in [-0.1, -0.05) is 18.2 Å². The van der Waals surface area contributed by atoms with Gasteiger partial charge in [0.2, 0.25) is 18.0 Å². The first kappa shape index (κ1) is 18.3. The standard InChI is InChI=1S/C19H19BrN2O4/c1-11-7-5-6-8-13(11)18-21-22(12(2)23)19(26-18)14-9-15(20)17(25-4)10-16(14)24-3/h5-10,19H,1-4H3/t19-/m0/s1. The molecular weight excluding hydrogens is 400 g/mol. The number of ether oxygens (including phenoxy) is 3. The third kappa shape index (κ3) is 3.26. The Balaban J connectivity index is 2.05. The molecule has 1 aliphatic rings. The van der Waals surface area contributed by atoms with Gasteiger partial charge in [0.05, 0.1) is 24.3 Å². The summed E-state index contributed by atoms with van der Waals surface area (Å²) in [6.07, 6.45) is -0.723. The van der Waals surface area contributed by atoms with Crippen molar-refractivity contribution in [2.75, 3.05) is 14.2 Å². The summed E-state index contributed by atoms with van der Waals surface area (Å²) in [4.78, 5) is 12.2. The summed E-state index contributed by atoms with van der Waals surface area (Å²) in [6.45, 7) is 3.42. The molecule has 0 saturated carbocycles. The lowest BCUT2D eigenvalue weighted by Crippen LogP contribution is -2.25. The van der Waals surface area contributed by atoms with Crippen LogP contribution in [0, 0.1) is 6.92 Å². The van der Waals surface area contributed by atoms with Crippen LogP contribution in [0.25, 0.3) is 0 Å². The van der Waals surface area contributed by atoms with Gasteiger partial charge < -0.3 is 14.2 Å². The van der Waals surface area contributed by atoms with Crippen LogP contribution in [0.15, 0.2) is 46.0 Å². The molecule has 0 aromatic heterocycles. The molecule has 7 heteroatoms. The fourth-order valence-corrected chi connectivity index (χ4v) is 3.29. The van der Waals surface area contributed by atoms with Crippen molar-refractivity contribution in [3.63, 3.8) is 0 Å². The van der Waals surface area contributed by atoms with E-state index in [1.807, 2.05) is 37.3 Å². The molecule has 0 saturated heterocycles. The van der Waals surface area contributed by atoms with E-state index in [0.717, 1.165) is 15.6 Å². The van der Waals surface area contributed by atoms with Crippen molar-refractivity contribution in [3.05, 3.63) is 57.6 Å². The Bertz CT molecular complexity index is 882. The first-order valence-corrected chi connectivity index (χ1v) is 8.78. The highest BCUT2D eigenvalue weighted by molar-refractivity contribution is 9.10. The Morgan fingerprint density at radius 3 is 2.50 bits per heavy atom. The molecule has 0 radical (unpaired) electrons. The van der Waals surface area contributed by atoms with Gasteiger partial charge >= 0.3 is 0 Å². The zero-order valence-electron chi connectivity index (χ0n) is 14.9. The molecule has 1 atom stereocenters. The Morgan fingerprint density at radius 1 is 1.19 bits per heavy atom. The largest absolute Gasteiger partial charge is 0.496 e. The number of benzene rings is 2. The topological polar surface area (TPSA) is 60.4 Å². The van der Waals surface area contributed by atoms with E-state index < -0.39 is 6.23 Å². The van der Waals surface area contributed by atoms with E-state index >= 15 is 0 Å². The van der Waals surface area contributed by atoms with Crippen molar-refractivity contribution >= 4 is 27.7 Å². The molecule has 0 bridgehead atoms. The highest BCUT2D eigenvalue weighted by Crippen LogP contribution is 2.40. The van der Waals surface area contributed by atoms with Gasteiger partial charge in [-0.15, -0.1) is 5.10 Å². The second-order valence-corrected chi connectivity index (χ2v) is 6.64. The van der Waals surface area contributed by atoms with Crippen LogP contribution in [-0.4, -0.2) is 31.0 Å². The van der Waals surface area contributed by atoms with E-state index in [1.54, 1.807) is 20.3 Å². The highest BCUT2D eigenvalue weighted by atomic mass is 79.9. The number of halogens is 1. The fourth-order valence-electron chi connectivity index (χ4n) is 2.77. The number of hydrogen-bond acceptors (Lipinski definition) is 5. The van der Waals surface area contributed by atoms with Gasteiger partial charge in [0.25, 0.3) is 0 Å². The van der Waals surface area contributed by atoms with Crippen LogP contribution in [0.5, 0.6) is 11.5 Å². The molecule has 3 rings (SSSR count). The number of rotatable bonds is 4. The molecule has 6 nitrogen and oxygen atoms in total. The third-order valence-electron chi connectivity index (χ3n) is 4.11. The molecule has 0 N–H and O–H groups in total. The number of carbonyl (C=O) groups excluding carboxylic acids is 1. The molecule has 0 spiro atoms. The minimum absolute atomic E-state index is 0.229. The zero-order valence-corrected chi connectivity index (χ0v) is 16.5. The van der Waals surface area contributed by atoms with Crippen LogP contribution in [0.1, 0.15) is 29.8 Å². The maximum absolute atomic E-state index is 12.2. The zero-order chi connectivity index (χ0) is 18.8. The van der Waals surface area contributed by atoms with Crippen molar-refractivity contribution in [2.45, 2.75) is 20.1 Å². The molecule has 0 unspecified atom stereocenters. The number of carbonyl (C=O) groups is 1. The van der Waals surface area contributed by atoms with E-state index in [4.69, 9.17) is 14.2 Å². The summed E-state index contributed by atoms with van der Waals surface area (Å²) < 4.78 is 17.6. The molecule has 136 valence electrons. The summed E-state index contributed by atoms with van der Waals surface area (Å²) in [5.41, 5.74) is 2.52. The minimum Gasteiger partial charge on any atom is -0.496 e. The molecule has 1 heterocycles. The molecule has 0 aliphatic carbocycles.